The molecule has 0 bridgehead atoms. The minimum absolute atomic E-state index is 0.151. The van der Waals surface area contributed by atoms with Gasteiger partial charge in [-0.15, -0.1) is 0 Å². The molecule has 0 saturated heterocycles. The van der Waals surface area contributed by atoms with Crippen LogP contribution >= 0.6 is 11.6 Å². The first-order valence-electron chi connectivity index (χ1n) is 7.12. The monoisotopic (exact) mass is 346 g/mol. The van der Waals surface area contributed by atoms with Gasteiger partial charge in [-0.05, 0) is 48.4 Å². The van der Waals surface area contributed by atoms with Crippen molar-refractivity contribution in [1.82, 2.24) is 4.98 Å². The molecular formula is C17H15ClN2O4. The zero-order valence-corrected chi connectivity index (χ0v) is 14.1. The molecule has 0 atom stereocenters. The fourth-order valence-electron chi connectivity index (χ4n) is 2.44. The predicted octanol–water partition coefficient (Wildman–Crippen LogP) is 3.43. The lowest BCUT2D eigenvalue weighted by Crippen LogP contribution is -2.24. The van der Waals surface area contributed by atoms with Crippen LogP contribution in [0.4, 0.5) is 5.82 Å². The first-order valence-corrected chi connectivity index (χ1v) is 7.49. The molecule has 0 fully saturated rings. The standard InChI is InChI=1S/C17H15ClN2O4/c1-9-6-10(7-12(22-2)15(9)23-3)8-13-17(21)20-16-11(24-13)4-5-14(18)19-16/h4-8H,1-3H3,(H,19,20,21)/b13-8-. The molecule has 1 aliphatic heterocycles. The van der Waals surface area contributed by atoms with Gasteiger partial charge >= 0.3 is 0 Å². The quantitative estimate of drug-likeness (QED) is 0.681. The number of hydrogen-bond donors (Lipinski definition) is 1. The van der Waals surface area contributed by atoms with Crippen molar-refractivity contribution in [3.63, 3.8) is 0 Å². The number of nitrogens with zero attached hydrogens (tertiary/aromatic N) is 1. The summed E-state index contributed by atoms with van der Waals surface area (Å²) in [5, 5.41) is 2.93. The fourth-order valence-corrected chi connectivity index (χ4v) is 2.59. The van der Waals surface area contributed by atoms with Crippen LogP contribution in [0.15, 0.2) is 30.0 Å². The highest BCUT2D eigenvalue weighted by molar-refractivity contribution is 6.29. The normalized spacial score (nSPS) is 14.7. The van der Waals surface area contributed by atoms with Gasteiger partial charge in [-0.2, -0.15) is 0 Å². The Morgan fingerprint density at radius 1 is 1.25 bits per heavy atom. The van der Waals surface area contributed by atoms with Gasteiger partial charge in [0.15, 0.2) is 28.8 Å². The number of amides is 1. The lowest BCUT2D eigenvalue weighted by molar-refractivity contribution is -0.115. The number of aromatic nitrogens is 1. The Labute approximate surface area is 144 Å². The number of pyridine rings is 1. The molecule has 0 saturated carbocycles. The summed E-state index contributed by atoms with van der Waals surface area (Å²) in [7, 11) is 3.14. The first kappa shape index (κ1) is 16.1. The van der Waals surface area contributed by atoms with Crippen molar-refractivity contribution in [1.29, 1.82) is 0 Å². The number of carbonyl (C=O) groups excluding carboxylic acids is 1. The summed E-state index contributed by atoms with van der Waals surface area (Å²) >= 11 is 5.81. The summed E-state index contributed by atoms with van der Waals surface area (Å²) in [5.41, 5.74) is 1.63. The lowest BCUT2D eigenvalue weighted by atomic mass is 10.1. The fraction of sp³-hybridized carbons (Fsp3) is 0.176. The van der Waals surface area contributed by atoms with Gasteiger partial charge in [-0.25, -0.2) is 4.98 Å². The van der Waals surface area contributed by atoms with Gasteiger partial charge in [0.25, 0.3) is 5.91 Å². The van der Waals surface area contributed by atoms with E-state index >= 15 is 0 Å². The van der Waals surface area contributed by atoms with E-state index in [1.807, 2.05) is 13.0 Å². The molecular weight excluding hydrogens is 332 g/mol. The summed E-state index contributed by atoms with van der Waals surface area (Å²) in [6, 6.07) is 6.89. The molecule has 1 N–H and O–H groups in total. The molecule has 1 aliphatic rings. The van der Waals surface area contributed by atoms with Crippen molar-refractivity contribution in [2.45, 2.75) is 6.92 Å². The van der Waals surface area contributed by atoms with Crippen molar-refractivity contribution in [3.8, 4) is 17.2 Å². The van der Waals surface area contributed by atoms with E-state index in [1.165, 1.54) is 0 Å². The summed E-state index contributed by atoms with van der Waals surface area (Å²) in [4.78, 5) is 16.2. The van der Waals surface area contributed by atoms with E-state index in [-0.39, 0.29) is 10.9 Å². The van der Waals surface area contributed by atoms with E-state index in [4.69, 9.17) is 25.8 Å². The lowest BCUT2D eigenvalue weighted by Gasteiger charge is -2.19. The van der Waals surface area contributed by atoms with Gasteiger partial charge in [-0.1, -0.05) is 11.6 Å². The van der Waals surface area contributed by atoms with Crippen LogP contribution in [0.3, 0.4) is 0 Å². The largest absolute Gasteiger partial charge is 0.493 e. The van der Waals surface area contributed by atoms with Crippen LogP contribution in [0.25, 0.3) is 6.08 Å². The van der Waals surface area contributed by atoms with Crippen molar-refractivity contribution >= 4 is 29.4 Å². The third-order valence-corrected chi connectivity index (χ3v) is 3.70. The second-order valence-electron chi connectivity index (χ2n) is 5.12. The number of benzene rings is 1. The number of carbonyl (C=O) groups is 1. The van der Waals surface area contributed by atoms with Gasteiger partial charge in [0.1, 0.15) is 5.15 Å². The van der Waals surface area contributed by atoms with E-state index in [2.05, 4.69) is 10.3 Å². The maximum Gasteiger partial charge on any atom is 0.292 e. The number of hydrogen-bond acceptors (Lipinski definition) is 5. The molecule has 0 aliphatic carbocycles. The van der Waals surface area contributed by atoms with Crippen molar-refractivity contribution < 1.29 is 19.0 Å². The van der Waals surface area contributed by atoms with Crippen molar-refractivity contribution in [2.24, 2.45) is 0 Å². The zero-order valence-electron chi connectivity index (χ0n) is 13.3. The van der Waals surface area contributed by atoms with Gasteiger partial charge in [0, 0.05) is 0 Å². The Balaban J connectivity index is 1.98. The molecule has 1 amide bonds. The highest BCUT2D eigenvalue weighted by Crippen LogP contribution is 2.34. The highest BCUT2D eigenvalue weighted by atomic mass is 35.5. The van der Waals surface area contributed by atoms with Crippen LogP contribution in [0.5, 0.6) is 17.2 Å². The molecule has 0 radical (unpaired) electrons. The number of ether oxygens (including phenoxy) is 3. The molecule has 6 nitrogen and oxygen atoms in total. The van der Waals surface area contributed by atoms with Crippen LogP contribution < -0.4 is 19.5 Å². The second-order valence-corrected chi connectivity index (χ2v) is 5.51. The molecule has 0 unspecified atom stereocenters. The molecule has 3 rings (SSSR count). The van der Waals surface area contributed by atoms with Crippen LogP contribution in [-0.2, 0) is 4.79 Å². The van der Waals surface area contributed by atoms with E-state index < -0.39 is 5.91 Å². The van der Waals surface area contributed by atoms with Gasteiger partial charge < -0.3 is 19.5 Å². The van der Waals surface area contributed by atoms with E-state index in [0.717, 1.165) is 11.1 Å². The molecule has 0 spiro atoms. The second kappa shape index (κ2) is 6.41. The number of fused-ring (bicyclic) bond motifs is 1. The number of anilines is 1. The third-order valence-electron chi connectivity index (χ3n) is 3.48. The number of methoxy groups -OCH3 is 2. The minimum atomic E-state index is -0.398. The van der Waals surface area contributed by atoms with E-state index in [9.17, 15) is 4.79 Å². The maximum absolute atomic E-state index is 12.2. The number of rotatable bonds is 3. The molecule has 24 heavy (non-hydrogen) atoms. The average Bonchev–Trinajstić information content (AvgIpc) is 2.55. The van der Waals surface area contributed by atoms with Gasteiger partial charge in [0.05, 0.1) is 14.2 Å². The predicted molar refractivity (Wildman–Crippen MR) is 90.8 cm³/mol. The molecule has 2 heterocycles. The summed E-state index contributed by atoms with van der Waals surface area (Å²) in [5.74, 6) is 1.71. The topological polar surface area (TPSA) is 69.7 Å². The Bertz CT molecular complexity index is 849. The van der Waals surface area contributed by atoms with E-state index in [1.54, 1.807) is 38.5 Å². The van der Waals surface area contributed by atoms with Crippen molar-refractivity contribution in [3.05, 3.63) is 46.3 Å². The van der Waals surface area contributed by atoms with Crippen LogP contribution in [0.2, 0.25) is 5.15 Å². The van der Waals surface area contributed by atoms with Crippen molar-refractivity contribution in [2.75, 3.05) is 19.5 Å². The van der Waals surface area contributed by atoms with Crippen LogP contribution in [0, 0.1) is 6.92 Å². The Kier molecular flexibility index (Phi) is 4.31. The first-order chi connectivity index (χ1) is 11.5. The minimum Gasteiger partial charge on any atom is -0.493 e. The summed E-state index contributed by atoms with van der Waals surface area (Å²) in [6.07, 6.45) is 1.63. The number of nitrogens with one attached hydrogen (secondary N) is 1. The van der Waals surface area contributed by atoms with E-state index in [0.29, 0.717) is 23.1 Å². The highest BCUT2D eigenvalue weighted by Gasteiger charge is 2.23. The Hall–Kier alpha value is -2.73. The van der Waals surface area contributed by atoms with Gasteiger partial charge in [-0.3, -0.25) is 4.79 Å². The third kappa shape index (κ3) is 3.00. The van der Waals surface area contributed by atoms with Crippen LogP contribution in [0.1, 0.15) is 11.1 Å². The Morgan fingerprint density at radius 3 is 2.75 bits per heavy atom. The maximum atomic E-state index is 12.2. The molecule has 124 valence electrons. The van der Waals surface area contributed by atoms with Crippen LogP contribution in [-0.4, -0.2) is 25.1 Å². The molecule has 7 heteroatoms. The smallest absolute Gasteiger partial charge is 0.292 e. The van der Waals surface area contributed by atoms with Gasteiger partial charge in [0.2, 0.25) is 0 Å². The molecule has 2 aromatic rings. The summed E-state index contributed by atoms with van der Waals surface area (Å²) in [6.45, 7) is 1.90. The number of aryl methyl sites for hydroxylation is 1. The summed E-state index contributed by atoms with van der Waals surface area (Å²) < 4.78 is 16.3. The SMILES string of the molecule is COc1cc(/C=C2\Oc3ccc(Cl)nc3NC2=O)cc(C)c1OC. The number of halogens is 1. The average molecular weight is 347 g/mol. The zero-order chi connectivity index (χ0) is 17.3. The Morgan fingerprint density at radius 2 is 2.04 bits per heavy atom. The molecule has 1 aromatic heterocycles. The molecule has 1 aromatic carbocycles.